The SMILES string of the molecule is CCC(C)NC(C)(C(=O)OC)C(C)OC. The highest BCUT2D eigenvalue weighted by Crippen LogP contribution is 2.16. The van der Waals surface area contributed by atoms with Gasteiger partial charge in [0.05, 0.1) is 13.2 Å². The molecule has 1 N–H and O–H groups in total. The van der Waals surface area contributed by atoms with Gasteiger partial charge in [-0.3, -0.25) is 5.32 Å². The number of ether oxygens (including phenoxy) is 2. The molecule has 0 aliphatic rings. The molecule has 0 aliphatic heterocycles. The van der Waals surface area contributed by atoms with Crippen molar-refractivity contribution in [3.63, 3.8) is 0 Å². The van der Waals surface area contributed by atoms with Crippen LogP contribution < -0.4 is 5.32 Å². The number of hydrogen-bond donors (Lipinski definition) is 1. The molecule has 0 radical (unpaired) electrons. The summed E-state index contributed by atoms with van der Waals surface area (Å²) in [5.74, 6) is -0.294. The summed E-state index contributed by atoms with van der Waals surface area (Å²) in [6.07, 6.45) is 0.710. The van der Waals surface area contributed by atoms with E-state index in [1.807, 2.05) is 13.8 Å². The quantitative estimate of drug-likeness (QED) is 0.682. The first-order valence-corrected chi connectivity index (χ1v) is 5.31. The van der Waals surface area contributed by atoms with Gasteiger partial charge in [-0.15, -0.1) is 0 Å². The molecule has 0 aromatic rings. The van der Waals surface area contributed by atoms with Crippen molar-refractivity contribution in [1.82, 2.24) is 5.32 Å². The molecule has 0 amide bonds. The van der Waals surface area contributed by atoms with Crippen molar-refractivity contribution in [2.45, 2.75) is 51.8 Å². The molecule has 3 atom stereocenters. The highest BCUT2D eigenvalue weighted by Gasteiger charge is 2.41. The number of hydrogen-bond acceptors (Lipinski definition) is 4. The zero-order chi connectivity index (χ0) is 12.1. The van der Waals surface area contributed by atoms with Gasteiger partial charge in [0.2, 0.25) is 0 Å². The highest BCUT2D eigenvalue weighted by molar-refractivity contribution is 5.81. The van der Waals surface area contributed by atoms with E-state index in [-0.39, 0.29) is 18.1 Å². The lowest BCUT2D eigenvalue weighted by Gasteiger charge is -2.35. The Balaban J connectivity index is 4.77. The Bertz CT molecular complexity index is 208. The van der Waals surface area contributed by atoms with Crippen LogP contribution >= 0.6 is 0 Å². The molecule has 4 heteroatoms. The van der Waals surface area contributed by atoms with Crippen molar-refractivity contribution in [1.29, 1.82) is 0 Å². The van der Waals surface area contributed by atoms with Crippen LogP contribution in [-0.4, -0.2) is 37.9 Å². The third kappa shape index (κ3) is 3.47. The van der Waals surface area contributed by atoms with Gasteiger partial charge in [0.1, 0.15) is 5.54 Å². The van der Waals surface area contributed by atoms with E-state index in [9.17, 15) is 4.79 Å². The Hall–Kier alpha value is -0.610. The molecule has 15 heavy (non-hydrogen) atoms. The van der Waals surface area contributed by atoms with Crippen molar-refractivity contribution >= 4 is 5.97 Å². The van der Waals surface area contributed by atoms with Crippen LogP contribution in [0.5, 0.6) is 0 Å². The minimum atomic E-state index is -0.793. The minimum Gasteiger partial charge on any atom is -0.468 e. The predicted octanol–water partition coefficient (Wildman–Crippen LogP) is 1.34. The van der Waals surface area contributed by atoms with Crippen LogP contribution in [-0.2, 0) is 14.3 Å². The third-order valence-electron chi connectivity index (χ3n) is 2.93. The number of carbonyl (C=O) groups excluding carboxylic acids is 1. The molecule has 0 rings (SSSR count). The fourth-order valence-electron chi connectivity index (χ4n) is 1.40. The number of rotatable bonds is 6. The Morgan fingerprint density at radius 1 is 1.40 bits per heavy atom. The van der Waals surface area contributed by atoms with Gasteiger partial charge in [-0.25, -0.2) is 4.79 Å². The Morgan fingerprint density at radius 2 is 1.93 bits per heavy atom. The lowest BCUT2D eigenvalue weighted by molar-refractivity contribution is -0.154. The standard InChI is InChI=1S/C11H23NO3/c1-7-8(2)12-11(4,9(3)14-5)10(13)15-6/h8-9,12H,7H2,1-6H3. The number of nitrogens with one attached hydrogen (secondary N) is 1. The molecule has 0 spiro atoms. The molecule has 0 saturated carbocycles. The van der Waals surface area contributed by atoms with E-state index < -0.39 is 5.54 Å². The summed E-state index contributed by atoms with van der Waals surface area (Å²) >= 11 is 0. The van der Waals surface area contributed by atoms with Crippen molar-refractivity contribution < 1.29 is 14.3 Å². The molecule has 3 unspecified atom stereocenters. The smallest absolute Gasteiger partial charge is 0.328 e. The van der Waals surface area contributed by atoms with Crippen LogP contribution in [0.4, 0.5) is 0 Å². The Kier molecular flexibility index (Phi) is 5.83. The molecule has 0 aromatic heterocycles. The van der Waals surface area contributed by atoms with Crippen LogP contribution in [0.15, 0.2) is 0 Å². The molecule has 4 nitrogen and oxygen atoms in total. The lowest BCUT2D eigenvalue weighted by atomic mass is 9.94. The van der Waals surface area contributed by atoms with Gasteiger partial charge < -0.3 is 9.47 Å². The van der Waals surface area contributed by atoms with Gasteiger partial charge in [-0.2, -0.15) is 0 Å². The molecular formula is C11H23NO3. The van der Waals surface area contributed by atoms with Gasteiger partial charge in [0.25, 0.3) is 0 Å². The van der Waals surface area contributed by atoms with Gasteiger partial charge in [-0.05, 0) is 27.2 Å². The maximum absolute atomic E-state index is 11.7. The second-order valence-electron chi connectivity index (χ2n) is 4.03. The first-order chi connectivity index (χ1) is 6.92. The maximum Gasteiger partial charge on any atom is 0.328 e. The van der Waals surface area contributed by atoms with E-state index in [0.29, 0.717) is 0 Å². The van der Waals surface area contributed by atoms with Gasteiger partial charge in [0.15, 0.2) is 0 Å². The average molecular weight is 217 g/mol. The lowest BCUT2D eigenvalue weighted by Crippen LogP contribution is -2.60. The van der Waals surface area contributed by atoms with Gasteiger partial charge in [-0.1, -0.05) is 6.92 Å². The molecule has 0 fully saturated rings. The van der Waals surface area contributed by atoms with E-state index in [0.717, 1.165) is 6.42 Å². The summed E-state index contributed by atoms with van der Waals surface area (Å²) in [6.45, 7) is 7.75. The summed E-state index contributed by atoms with van der Waals surface area (Å²) in [5, 5.41) is 3.24. The normalized spacial score (nSPS) is 19.1. The van der Waals surface area contributed by atoms with E-state index in [1.165, 1.54) is 7.11 Å². The van der Waals surface area contributed by atoms with Gasteiger partial charge >= 0.3 is 5.97 Å². The topological polar surface area (TPSA) is 47.6 Å². The first-order valence-electron chi connectivity index (χ1n) is 5.31. The van der Waals surface area contributed by atoms with E-state index in [1.54, 1.807) is 14.0 Å². The molecular weight excluding hydrogens is 194 g/mol. The minimum absolute atomic E-state index is 0.237. The summed E-state index contributed by atoms with van der Waals surface area (Å²) in [4.78, 5) is 11.7. The predicted molar refractivity (Wildman–Crippen MR) is 59.8 cm³/mol. The van der Waals surface area contributed by atoms with Crippen LogP contribution in [0.1, 0.15) is 34.1 Å². The maximum atomic E-state index is 11.7. The summed E-state index contributed by atoms with van der Waals surface area (Å²) in [7, 11) is 2.98. The largest absolute Gasteiger partial charge is 0.468 e. The molecule has 0 heterocycles. The van der Waals surface area contributed by atoms with Crippen molar-refractivity contribution in [2.24, 2.45) is 0 Å². The van der Waals surface area contributed by atoms with Crippen molar-refractivity contribution in [3.05, 3.63) is 0 Å². The second kappa shape index (κ2) is 6.08. The van der Waals surface area contributed by atoms with Crippen LogP contribution in [0.3, 0.4) is 0 Å². The summed E-state index contributed by atoms with van der Waals surface area (Å²) in [6, 6.07) is 0.242. The Morgan fingerprint density at radius 3 is 2.27 bits per heavy atom. The van der Waals surface area contributed by atoms with Crippen LogP contribution in [0.25, 0.3) is 0 Å². The van der Waals surface area contributed by atoms with Crippen LogP contribution in [0, 0.1) is 0 Å². The Labute approximate surface area is 92.3 Å². The van der Waals surface area contributed by atoms with Crippen molar-refractivity contribution in [3.8, 4) is 0 Å². The molecule has 90 valence electrons. The summed E-state index contributed by atoms with van der Waals surface area (Å²) in [5.41, 5.74) is -0.793. The van der Waals surface area contributed by atoms with Crippen molar-refractivity contribution in [2.75, 3.05) is 14.2 Å². The molecule has 0 saturated heterocycles. The zero-order valence-electron chi connectivity index (χ0n) is 10.6. The number of methoxy groups -OCH3 is 2. The molecule has 0 bridgehead atoms. The van der Waals surface area contributed by atoms with E-state index in [2.05, 4.69) is 12.2 Å². The third-order valence-corrected chi connectivity index (χ3v) is 2.93. The van der Waals surface area contributed by atoms with E-state index in [4.69, 9.17) is 9.47 Å². The molecule has 0 aliphatic carbocycles. The number of esters is 1. The number of carbonyl (C=O) groups is 1. The summed E-state index contributed by atoms with van der Waals surface area (Å²) < 4.78 is 10.0. The first kappa shape index (κ1) is 14.4. The average Bonchev–Trinajstić information content (AvgIpc) is 2.25. The van der Waals surface area contributed by atoms with Crippen LogP contribution in [0.2, 0.25) is 0 Å². The fraction of sp³-hybridized carbons (Fsp3) is 0.909. The van der Waals surface area contributed by atoms with E-state index >= 15 is 0 Å². The second-order valence-corrected chi connectivity index (χ2v) is 4.03. The van der Waals surface area contributed by atoms with Gasteiger partial charge in [0, 0.05) is 13.2 Å². The molecule has 0 aromatic carbocycles. The fourth-order valence-corrected chi connectivity index (χ4v) is 1.40. The zero-order valence-corrected chi connectivity index (χ0v) is 10.6. The highest BCUT2D eigenvalue weighted by atomic mass is 16.5. The monoisotopic (exact) mass is 217 g/mol.